The van der Waals surface area contributed by atoms with E-state index in [4.69, 9.17) is 9.15 Å². The van der Waals surface area contributed by atoms with Crippen molar-refractivity contribution in [1.29, 1.82) is 0 Å². The lowest BCUT2D eigenvalue weighted by Gasteiger charge is -2.18. The summed E-state index contributed by atoms with van der Waals surface area (Å²) in [5.41, 5.74) is 1.91. The molecular formula is C25H16O5. The van der Waals surface area contributed by atoms with Gasteiger partial charge in [0.1, 0.15) is 18.0 Å². The minimum absolute atomic E-state index is 0.0719. The predicted molar refractivity (Wildman–Crippen MR) is 111 cm³/mol. The van der Waals surface area contributed by atoms with Crippen LogP contribution in [-0.4, -0.2) is 11.6 Å². The van der Waals surface area contributed by atoms with Gasteiger partial charge in [-0.2, -0.15) is 0 Å². The topological polar surface area (TPSA) is 73.6 Å². The van der Waals surface area contributed by atoms with Crippen LogP contribution in [0.4, 0.5) is 0 Å². The first kappa shape index (κ1) is 18.2. The van der Waals surface area contributed by atoms with Crippen LogP contribution in [0.1, 0.15) is 43.2 Å². The van der Waals surface area contributed by atoms with Crippen LogP contribution in [0, 0.1) is 0 Å². The fourth-order valence-electron chi connectivity index (χ4n) is 3.76. The van der Waals surface area contributed by atoms with Crippen LogP contribution in [0.5, 0.6) is 0 Å². The molecule has 0 N–H and O–H groups in total. The van der Waals surface area contributed by atoms with Crippen LogP contribution in [0.2, 0.25) is 0 Å². The summed E-state index contributed by atoms with van der Waals surface area (Å²) in [4.78, 5) is 38.7. The molecule has 0 radical (unpaired) electrons. The molecule has 5 nitrogen and oxygen atoms in total. The second-order valence-corrected chi connectivity index (χ2v) is 7.12. The smallest absolute Gasteiger partial charge is 0.198 e. The maximum atomic E-state index is 13.1. The third kappa shape index (κ3) is 2.96. The summed E-state index contributed by atoms with van der Waals surface area (Å²) >= 11 is 0. The maximum absolute atomic E-state index is 13.1. The van der Waals surface area contributed by atoms with Crippen molar-refractivity contribution < 1.29 is 18.7 Å². The van der Waals surface area contributed by atoms with Crippen molar-refractivity contribution in [3.63, 3.8) is 0 Å². The molecule has 5 heteroatoms. The molecule has 0 saturated carbocycles. The molecule has 146 valence electrons. The number of carbonyl (C=O) groups is 2. The predicted octanol–water partition coefficient (Wildman–Crippen LogP) is 4.29. The molecule has 0 unspecified atom stereocenters. The zero-order valence-electron chi connectivity index (χ0n) is 15.9. The molecule has 0 fully saturated rings. The van der Waals surface area contributed by atoms with Crippen LogP contribution in [0.25, 0.3) is 11.0 Å². The van der Waals surface area contributed by atoms with Gasteiger partial charge in [0.2, 0.25) is 0 Å². The number of benzene rings is 3. The van der Waals surface area contributed by atoms with E-state index in [1.165, 1.54) is 18.2 Å². The summed E-state index contributed by atoms with van der Waals surface area (Å²) in [6, 6.07) is 20.7. The molecule has 1 heterocycles. The normalized spacial score (nSPS) is 12.7. The Balaban J connectivity index is 1.56. The molecule has 0 atom stereocenters. The highest BCUT2D eigenvalue weighted by Crippen LogP contribution is 2.32. The van der Waals surface area contributed by atoms with E-state index in [0.29, 0.717) is 23.5 Å². The summed E-state index contributed by atoms with van der Waals surface area (Å²) in [5.74, 6) is -0.275. The monoisotopic (exact) mass is 396 g/mol. The number of ether oxygens (including phenoxy) is 1. The van der Waals surface area contributed by atoms with Gasteiger partial charge in [0.15, 0.2) is 17.0 Å². The number of hydrogen-bond acceptors (Lipinski definition) is 5. The number of fused-ring (bicyclic) bond motifs is 4. The molecule has 5 rings (SSSR count). The molecule has 1 aliphatic carbocycles. The van der Waals surface area contributed by atoms with Gasteiger partial charge in [-0.1, -0.05) is 54.6 Å². The zero-order valence-corrected chi connectivity index (χ0v) is 15.9. The van der Waals surface area contributed by atoms with E-state index in [2.05, 4.69) is 0 Å². The van der Waals surface area contributed by atoms with Gasteiger partial charge in [-0.15, -0.1) is 0 Å². The van der Waals surface area contributed by atoms with E-state index in [0.717, 1.165) is 5.56 Å². The molecule has 0 spiro atoms. The zero-order chi connectivity index (χ0) is 20.7. The van der Waals surface area contributed by atoms with Crippen molar-refractivity contribution in [3.8, 4) is 0 Å². The summed E-state index contributed by atoms with van der Waals surface area (Å²) in [7, 11) is 0. The fourth-order valence-corrected chi connectivity index (χ4v) is 3.76. The van der Waals surface area contributed by atoms with Crippen molar-refractivity contribution in [2.24, 2.45) is 0 Å². The highest BCUT2D eigenvalue weighted by Gasteiger charge is 2.32. The van der Waals surface area contributed by atoms with Crippen LogP contribution >= 0.6 is 0 Å². The highest BCUT2D eigenvalue weighted by atomic mass is 16.5. The number of rotatable bonds is 4. The Morgan fingerprint density at radius 1 is 0.700 bits per heavy atom. The van der Waals surface area contributed by atoms with Crippen molar-refractivity contribution in [3.05, 3.63) is 117 Å². The average molecular weight is 396 g/mol. The van der Waals surface area contributed by atoms with E-state index in [9.17, 15) is 14.4 Å². The molecular weight excluding hydrogens is 380 g/mol. The van der Waals surface area contributed by atoms with Crippen molar-refractivity contribution in [2.75, 3.05) is 0 Å². The highest BCUT2D eigenvalue weighted by molar-refractivity contribution is 6.31. The van der Waals surface area contributed by atoms with Gasteiger partial charge in [0.25, 0.3) is 0 Å². The molecule has 0 bridgehead atoms. The van der Waals surface area contributed by atoms with Crippen molar-refractivity contribution in [1.82, 2.24) is 0 Å². The standard InChI is InChI=1S/C25H16O5/c26-21-12-16(14-29-13-15-6-2-1-3-7-15)30-25-19(21)10-11-20-22(25)24(28)18-9-5-4-8-17(18)23(20)27/h1-12H,13-14H2. The van der Waals surface area contributed by atoms with Gasteiger partial charge in [0.05, 0.1) is 17.6 Å². The largest absolute Gasteiger partial charge is 0.458 e. The Hall–Kier alpha value is -3.83. The molecule has 0 saturated heterocycles. The van der Waals surface area contributed by atoms with E-state index in [1.54, 1.807) is 24.3 Å². The van der Waals surface area contributed by atoms with Gasteiger partial charge < -0.3 is 9.15 Å². The first-order valence-corrected chi connectivity index (χ1v) is 9.53. The third-order valence-corrected chi connectivity index (χ3v) is 5.19. The number of carbonyl (C=O) groups excluding carboxylic acids is 2. The van der Waals surface area contributed by atoms with Gasteiger partial charge >= 0.3 is 0 Å². The van der Waals surface area contributed by atoms with Crippen LogP contribution in [-0.2, 0) is 18.0 Å². The summed E-state index contributed by atoms with van der Waals surface area (Å²) in [5, 5.41) is 0.265. The summed E-state index contributed by atoms with van der Waals surface area (Å²) < 4.78 is 11.6. The lowest BCUT2D eigenvalue weighted by Crippen LogP contribution is -2.22. The van der Waals surface area contributed by atoms with Gasteiger partial charge in [-0.3, -0.25) is 14.4 Å². The van der Waals surface area contributed by atoms with Crippen LogP contribution in [0.3, 0.4) is 0 Å². The SMILES string of the molecule is O=C1c2ccccc2C(=O)c2c1ccc1c(=O)cc(COCc3ccccc3)oc21. The van der Waals surface area contributed by atoms with Gasteiger partial charge in [-0.25, -0.2) is 0 Å². The van der Waals surface area contributed by atoms with E-state index in [1.807, 2.05) is 30.3 Å². The Bertz CT molecular complexity index is 1370. The Labute approximate surface area is 171 Å². The first-order valence-electron chi connectivity index (χ1n) is 9.53. The molecule has 0 aliphatic heterocycles. The van der Waals surface area contributed by atoms with E-state index in [-0.39, 0.29) is 45.7 Å². The second kappa shape index (κ2) is 7.21. The maximum Gasteiger partial charge on any atom is 0.198 e. The van der Waals surface area contributed by atoms with Crippen LogP contribution in [0.15, 0.2) is 82.0 Å². The lowest BCUT2D eigenvalue weighted by molar-refractivity contribution is 0.0928. The molecule has 4 aromatic rings. The average Bonchev–Trinajstić information content (AvgIpc) is 2.77. The number of ketones is 2. The molecule has 30 heavy (non-hydrogen) atoms. The van der Waals surface area contributed by atoms with Crippen molar-refractivity contribution in [2.45, 2.75) is 13.2 Å². The Morgan fingerprint density at radius 2 is 1.40 bits per heavy atom. The summed E-state index contributed by atoms with van der Waals surface area (Å²) in [6.45, 7) is 0.433. The third-order valence-electron chi connectivity index (χ3n) is 5.19. The molecule has 0 amide bonds. The molecule has 1 aliphatic rings. The van der Waals surface area contributed by atoms with E-state index < -0.39 is 0 Å². The summed E-state index contributed by atoms with van der Waals surface area (Å²) in [6.07, 6.45) is 0. The number of hydrogen-bond donors (Lipinski definition) is 0. The molecule has 3 aromatic carbocycles. The van der Waals surface area contributed by atoms with E-state index >= 15 is 0 Å². The van der Waals surface area contributed by atoms with Crippen molar-refractivity contribution >= 4 is 22.5 Å². The van der Waals surface area contributed by atoms with Gasteiger partial charge in [0, 0.05) is 22.8 Å². The second-order valence-electron chi connectivity index (χ2n) is 7.12. The quantitative estimate of drug-likeness (QED) is 0.453. The van der Waals surface area contributed by atoms with Crippen LogP contribution < -0.4 is 5.43 Å². The lowest BCUT2D eigenvalue weighted by atomic mass is 9.83. The van der Waals surface area contributed by atoms with Gasteiger partial charge in [-0.05, 0) is 17.7 Å². The minimum Gasteiger partial charge on any atom is -0.458 e. The Kier molecular flexibility index (Phi) is 4.38. The molecule has 1 aromatic heterocycles. The fraction of sp³-hybridized carbons (Fsp3) is 0.0800. The first-order chi connectivity index (χ1) is 14.6. The minimum atomic E-state index is -0.323. The Morgan fingerprint density at radius 3 is 2.17 bits per heavy atom.